The van der Waals surface area contributed by atoms with Gasteiger partial charge in [0.15, 0.2) is 0 Å². The molecule has 0 radical (unpaired) electrons. The molecule has 2 aromatic rings. The van der Waals surface area contributed by atoms with Crippen molar-refractivity contribution in [2.75, 3.05) is 6.54 Å². The fourth-order valence-electron chi connectivity index (χ4n) is 2.45. The van der Waals surface area contributed by atoms with E-state index in [0.717, 1.165) is 15.5 Å². The lowest BCUT2D eigenvalue weighted by Crippen LogP contribution is -2.22. The van der Waals surface area contributed by atoms with Gasteiger partial charge in [-0.1, -0.05) is 76.9 Å². The maximum Gasteiger partial charge on any atom is 0.0577 e. The zero-order chi connectivity index (χ0) is 15.4. The van der Waals surface area contributed by atoms with Crippen LogP contribution < -0.4 is 5.32 Å². The maximum absolute atomic E-state index is 3.58. The van der Waals surface area contributed by atoms with Crippen molar-refractivity contribution in [1.82, 2.24) is 5.32 Å². The van der Waals surface area contributed by atoms with E-state index >= 15 is 0 Å². The minimum atomic E-state index is 0.213. The quantitative estimate of drug-likeness (QED) is 0.633. The Kier molecular flexibility index (Phi) is 6.03. The van der Waals surface area contributed by atoms with Crippen LogP contribution in [0.25, 0.3) is 0 Å². The van der Waals surface area contributed by atoms with Gasteiger partial charge < -0.3 is 5.32 Å². The molecule has 0 heterocycles. The van der Waals surface area contributed by atoms with Gasteiger partial charge in [-0.3, -0.25) is 0 Å². The highest BCUT2D eigenvalue weighted by Gasteiger charge is 2.14. The van der Waals surface area contributed by atoms with Crippen LogP contribution in [0.15, 0.2) is 51.4 Å². The lowest BCUT2D eigenvalue weighted by Gasteiger charge is -2.20. The molecule has 0 bridgehead atoms. The number of halogens is 2. The fourth-order valence-corrected chi connectivity index (χ4v) is 3.78. The minimum Gasteiger partial charge on any atom is -0.307 e. The van der Waals surface area contributed by atoms with Gasteiger partial charge in [0.2, 0.25) is 0 Å². The van der Waals surface area contributed by atoms with E-state index in [4.69, 9.17) is 0 Å². The van der Waals surface area contributed by atoms with Gasteiger partial charge in [0.1, 0.15) is 0 Å². The summed E-state index contributed by atoms with van der Waals surface area (Å²) in [5, 5.41) is 3.58. The van der Waals surface area contributed by atoms with Crippen LogP contribution in [0.3, 0.4) is 0 Å². The second-order valence-corrected chi connectivity index (χ2v) is 7.35. The van der Waals surface area contributed by atoms with E-state index in [1.807, 2.05) is 0 Å². The lowest BCUT2D eigenvalue weighted by atomic mass is 9.95. The smallest absolute Gasteiger partial charge is 0.0577 e. The van der Waals surface area contributed by atoms with Gasteiger partial charge in [-0.05, 0) is 47.4 Å². The summed E-state index contributed by atoms with van der Waals surface area (Å²) in [5.74, 6) is 0.566. The van der Waals surface area contributed by atoms with Crippen LogP contribution in [0.4, 0.5) is 0 Å². The number of benzene rings is 2. The second-order valence-electron chi connectivity index (χ2n) is 5.51. The standard InChI is InChI=1S/C18H21Br2N/c1-4-21-18(15-9-16(19)11-17(20)10-15)14-7-5-13(6-8-14)12(2)3/h5-12,18,21H,4H2,1-3H3. The van der Waals surface area contributed by atoms with E-state index < -0.39 is 0 Å². The average Bonchev–Trinajstić information content (AvgIpc) is 2.44. The van der Waals surface area contributed by atoms with E-state index in [-0.39, 0.29) is 6.04 Å². The first-order valence-electron chi connectivity index (χ1n) is 7.30. The van der Waals surface area contributed by atoms with E-state index in [0.29, 0.717) is 5.92 Å². The second kappa shape index (κ2) is 7.57. The molecule has 0 aliphatic heterocycles. The molecule has 0 aromatic heterocycles. The van der Waals surface area contributed by atoms with Crippen LogP contribution in [0.5, 0.6) is 0 Å². The predicted molar refractivity (Wildman–Crippen MR) is 97.9 cm³/mol. The number of rotatable bonds is 5. The Morgan fingerprint density at radius 3 is 1.86 bits per heavy atom. The summed E-state index contributed by atoms with van der Waals surface area (Å²) >= 11 is 7.16. The lowest BCUT2D eigenvalue weighted by molar-refractivity contribution is 0.629. The molecule has 3 heteroatoms. The summed E-state index contributed by atoms with van der Waals surface area (Å²) in [6.45, 7) is 7.52. The molecule has 1 atom stereocenters. The minimum absolute atomic E-state index is 0.213. The molecule has 1 nitrogen and oxygen atoms in total. The molecule has 2 rings (SSSR count). The molecule has 21 heavy (non-hydrogen) atoms. The van der Waals surface area contributed by atoms with Crippen LogP contribution in [0.2, 0.25) is 0 Å². The highest BCUT2D eigenvalue weighted by atomic mass is 79.9. The van der Waals surface area contributed by atoms with Crippen molar-refractivity contribution in [3.05, 3.63) is 68.1 Å². The Balaban J connectivity index is 2.38. The molecule has 0 spiro atoms. The zero-order valence-electron chi connectivity index (χ0n) is 12.7. The highest BCUT2D eigenvalue weighted by molar-refractivity contribution is 9.11. The predicted octanol–water partition coefficient (Wildman–Crippen LogP) is 6.03. The van der Waals surface area contributed by atoms with E-state index in [9.17, 15) is 0 Å². The Morgan fingerprint density at radius 2 is 1.38 bits per heavy atom. The molecule has 0 amide bonds. The zero-order valence-corrected chi connectivity index (χ0v) is 15.8. The van der Waals surface area contributed by atoms with Gasteiger partial charge >= 0.3 is 0 Å². The largest absolute Gasteiger partial charge is 0.307 e. The monoisotopic (exact) mass is 409 g/mol. The first kappa shape index (κ1) is 16.7. The molecule has 112 valence electrons. The third kappa shape index (κ3) is 4.41. The molecule has 1 unspecified atom stereocenters. The summed E-state index contributed by atoms with van der Waals surface area (Å²) in [7, 11) is 0. The van der Waals surface area contributed by atoms with Crippen molar-refractivity contribution >= 4 is 31.9 Å². The topological polar surface area (TPSA) is 12.0 Å². The third-order valence-corrected chi connectivity index (χ3v) is 4.48. The third-order valence-electron chi connectivity index (χ3n) is 3.56. The summed E-state index contributed by atoms with van der Waals surface area (Å²) in [4.78, 5) is 0. The molecule has 0 aliphatic carbocycles. The molecule has 0 aliphatic rings. The molecule has 0 saturated carbocycles. The summed E-state index contributed by atoms with van der Waals surface area (Å²) in [6, 6.07) is 15.6. The molecule has 0 fully saturated rings. The number of nitrogens with one attached hydrogen (secondary N) is 1. The number of hydrogen-bond acceptors (Lipinski definition) is 1. The van der Waals surface area contributed by atoms with Crippen LogP contribution in [0, 0.1) is 0 Å². The van der Waals surface area contributed by atoms with Crippen molar-refractivity contribution in [2.24, 2.45) is 0 Å². The van der Waals surface area contributed by atoms with Crippen LogP contribution >= 0.6 is 31.9 Å². The van der Waals surface area contributed by atoms with E-state index in [2.05, 4.69) is 100 Å². The summed E-state index contributed by atoms with van der Waals surface area (Å²) < 4.78 is 2.18. The molecule has 0 saturated heterocycles. The molecule has 2 aromatic carbocycles. The van der Waals surface area contributed by atoms with Crippen LogP contribution in [0.1, 0.15) is 49.4 Å². The van der Waals surface area contributed by atoms with Gasteiger partial charge in [-0.2, -0.15) is 0 Å². The Labute approximate surface area is 144 Å². The SMILES string of the molecule is CCNC(c1ccc(C(C)C)cc1)c1cc(Br)cc(Br)c1. The fraction of sp³-hybridized carbons (Fsp3) is 0.333. The van der Waals surface area contributed by atoms with Crippen molar-refractivity contribution in [3.63, 3.8) is 0 Å². The summed E-state index contributed by atoms with van der Waals surface area (Å²) in [6.07, 6.45) is 0. The Hall–Kier alpha value is -0.640. The molecular weight excluding hydrogens is 390 g/mol. The van der Waals surface area contributed by atoms with Gasteiger partial charge in [-0.25, -0.2) is 0 Å². The van der Waals surface area contributed by atoms with Crippen molar-refractivity contribution in [2.45, 2.75) is 32.7 Å². The van der Waals surface area contributed by atoms with Crippen LogP contribution in [-0.2, 0) is 0 Å². The Morgan fingerprint density at radius 1 is 0.857 bits per heavy atom. The molecular formula is C18H21Br2N. The maximum atomic E-state index is 3.58. The average molecular weight is 411 g/mol. The van der Waals surface area contributed by atoms with Gasteiger partial charge in [0.05, 0.1) is 6.04 Å². The summed E-state index contributed by atoms with van der Waals surface area (Å²) in [5.41, 5.74) is 3.94. The van der Waals surface area contributed by atoms with Gasteiger partial charge in [-0.15, -0.1) is 0 Å². The van der Waals surface area contributed by atoms with Gasteiger partial charge in [0, 0.05) is 8.95 Å². The van der Waals surface area contributed by atoms with E-state index in [1.54, 1.807) is 0 Å². The van der Waals surface area contributed by atoms with Crippen molar-refractivity contribution in [1.29, 1.82) is 0 Å². The number of hydrogen-bond donors (Lipinski definition) is 1. The first-order chi connectivity index (χ1) is 10.0. The highest BCUT2D eigenvalue weighted by Crippen LogP contribution is 2.29. The van der Waals surface area contributed by atoms with Crippen LogP contribution in [-0.4, -0.2) is 6.54 Å². The first-order valence-corrected chi connectivity index (χ1v) is 8.89. The van der Waals surface area contributed by atoms with Crippen molar-refractivity contribution in [3.8, 4) is 0 Å². The van der Waals surface area contributed by atoms with E-state index in [1.165, 1.54) is 16.7 Å². The van der Waals surface area contributed by atoms with Gasteiger partial charge in [0.25, 0.3) is 0 Å². The normalized spacial score (nSPS) is 12.7. The van der Waals surface area contributed by atoms with Crippen molar-refractivity contribution < 1.29 is 0 Å². The Bertz CT molecular complexity index is 570. The molecule has 1 N–H and O–H groups in total.